The van der Waals surface area contributed by atoms with Crippen LogP contribution in [-0.2, 0) is 22.7 Å². The number of halogens is 1. The molecule has 1 saturated heterocycles. The van der Waals surface area contributed by atoms with Gasteiger partial charge in [0.2, 0.25) is 5.91 Å². The predicted octanol–water partition coefficient (Wildman–Crippen LogP) is 2.79. The maximum atomic E-state index is 12.5. The molecule has 0 radical (unpaired) electrons. The molecular formula is C17H27ClN2O2. The molecule has 1 fully saturated rings. The van der Waals surface area contributed by atoms with Gasteiger partial charge in [0.25, 0.3) is 0 Å². The molecule has 22 heavy (non-hydrogen) atoms. The zero-order chi connectivity index (χ0) is 15.1. The highest BCUT2D eigenvalue weighted by atomic mass is 35.5. The zero-order valence-electron chi connectivity index (χ0n) is 13.5. The standard InChI is InChI=1S/C17H26N2O2.ClH/c1-3-17(10-7-11-19-17)16(20)18-12-14-8-5-6-9-15(14)13-21-4-2;/h5-6,8-9,19H,3-4,7,10-13H2,1-2H3,(H,18,20);1H. The van der Waals surface area contributed by atoms with Crippen LogP contribution in [0.15, 0.2) is 24.3 Å². The molecule has 1 aliphatic rings. The maximum absolute atomic E-state index is 12.5. The summed E-state index contributed by atoms with van der Waals surface area (Å²) in [5.41, 5.74) is 1.91. The average Bonchev–Trinajstić information content (AvgIpc) is 3.01. The van der Waals surface area contributed by atoms with E-state index in [0.717, 1.165) is 36.9 Å². The fourth-order valence-electron chi connectivity index (χ4n) is 2.89. The number of ether oxygens (including phenoxy) is 1. The van der Waals surface area contributed by atoms with E-state index in [-0.39, 0.29) is 23.9 Å². The summed E-state index contributed by atoms with van der Waals surface area (Å²) in [6, 6.07) is 8.11. The van der Waals surface area contributed by atoms with Gasteiger partial charge < -0.3 is 15.4 Å². The van der Waals surface area contributed by atoms with Crippen LogP contribution in [0, 0.1) is 0 Å². The van der Waals surface area contributed by atoms with Gasteiger partial charge in [0.1, 0.15) is 0 Å². The summed E-state index contributed by atoms with van der Waals surface area (Å²) in [5, 5.41) is 6.46. The zero-order valence-corrected chi connectivity index (χ0v) is 14.3. The fourth-order valence-corrected chi connectivity index (χ4v) is 2.89. The third kappa shape index (κ3) is 4.45. The molecule has 4 nitrogen and oxygen atoms in total. The molecule has 2 N–H and O–H groups in total. The molecule has 1 atom stereocenters. The minimum atomic E-state index is -0.366. The van der Waals surface area contributed by atoms with Crippen LogP contribution in [0.25, 0.3) is 0 Å². The van der Waals surface area contributed by atoms with Crippen molar-refractivity contribution in [3.63, 3.8) is 0 Å². The van der Waals surface area contributed by atoms with Gasteiger partial charge in [-0.1, -0.05) is 31.2 Å². The number of nitrogens with one attached hydrogen (secondary N) is 2. The molecule has 0 aliphatic carbocycles. The highest BCUT2D eigenvalue weighted by Gasteiger charge is 2.38. The average molecular weight is 327 g/mol. The van der Waals surface area contributed by atoms with Crippen molar-refractivity contribution >= 4 is 18.3 Å². The van der Waals surface area contributed by atoms with Crippen LogP contribution in [-0.4, -0.2) is 24.6 Å². The van der Waals surface area contributed by atoms with Gasteiger partial charge in [-0.25, -0.2) is 0 Å². The Hall–Kier alpha value is -1.10. The van der Waals surface area contributed by atoms with Crippen molar-refractivity contribution in [2.45, 2.75) is 51.8 Å². The van der Waals surface area contributed by atoms with Gasteiger partial charge in [-0.2, -0.15) is 0 Å². The highest BCUT2D eigenvalue weighted by molar-refractivity contribution is 5.86. The van der Waals surface area contributed by atoms with Crippen molar-refractivity contribution in [1.29, 1.82) is 0 Å². The molecule has 1 heterocycles. The number of benzene rings is 1. The summed E-state index contributed by atoms with van der Waals surface area (Å²) in [6.07, 6.45) is 2.83. The van der Waals surface area contributed by atoms with E-state index in [2.05, 4.69) is 29.7 Å². The van der Waals surface area contributed by atoms with Gasteiger partial charge in [0.15, 0.2) is 0 Å². The summed E-state index contributed by atoms with van der Waals surface area (Å²) < 4.78 is 5.48. The number of carbonyl (C=O) groups excluding carboxylic acids is 1. The van der Waals surface area contributed by atoms with Crippen LogP contribution in [0.2, 0.25) is 0 Å². The first kappa shape index (κ1) is 18.9. The van der Waals surface area contributed by atoms with E-state index in [0.29, 0.717) is 19.8 Å². The molecule has 0 saturated carbocycles. The van der Waals surface area contributed by atoms with Gasteiger partial charge >= 0.3 is 0 Å². The predicted molar refractivity (Wildman–Crippen MR) is 91.1 cm³/mol. The second-order valence-electron chi connectivity index (χ2n) is 5.55. The Bertz CT molecular complexity index is 473. The van der Waals surface area contributed by atoms with Crippen LogP contribution in [0.3, 0.4) is 0 Å². The molecule has 1 unspecified atom stereocenters. The summed E-state index contributed by atoms with van der Waals surface area (Å²) in [6.45, 7) is 6.85. The van der Waals surface area contributed by atoms with Gasteiger partial charge in [-0.15, -0.1) is 12.4 Å². The van der Waals surface area contributed by atoms with E-state index in [1.54, 1.807) is 0 Å². The van der Waals surface area contributed by atoms with Crippen molar-refractivity contribution in [2.75, 3.05) is 13.2 Å². The Labute approximate surface area is 139 Å². The quantitative estimate of drug-likeness (QED) is 0.810. The minimum Gasteiger partial charge on any atom is -0.377 e. The SMILES string of the molecule is CCOCc1ccccc1CNC(=O)C1(CC)CCCN1.Cl. The lowest BCUT2D eigenvalue weighted by atomic mass is 9.93. The first-order valence-electron chi connectivity index (χ1n) is 7.89. The van der Waals surface area contributed by atoms with Crippen LogP contribution in [0.4, 0.5) is 0 Å². The van der Waals surface area contributed by atoms with Gasteiger partial charge in [-0.3, -0.25) is 4.79 Å². The smallest absolute Gasteiger partial charge is 0.240 e. The molecule has 124 valence electrons. The van der Waals surface area contributed by atoms with Crippen LogP contribution in [0.5, 0.6) is 0 Å². The molecule has 0 aromatic heterocycles. The second-order valence-corrected chi connectivity index (χ2v) is 5.55. The minimum absolute atomic E-state index is 0. The molecule has 1 amide bonds. The number of carbonyl (C=O) groups is 1. The Morgan fingerprint density at radius 1 is 1.32 bits per heavy atom. The van der Waals surface area contributed by atoms with Crippen molar-refractivity contribution in [1.82, 2.24) is 10.6 Å². The van der Waals surface area contributed by atoms with E-state index in [4.69, 9.17) is 4.74 Å². The lowest BCUT2D eigenvalue weighted by Gasteiger charge is -2.27. The first-order valence-corrected chi connectivity index (χ1v) is 7.89. The van der Waals surface area contributed by atoms with Crippen LogP contribution < -0.4 is 10.6 Å². The van der Waals surface area contributed by atoms with E-state index >= 15 is 0 Å². The largest absolute Gasteiger partial charge is 0.377 e. The lowest BCUT2D eigenvalue weighted by Crippen LogP contribution is -2.52. The van der Waals surface area contributed by atoms with Crippen molar-refractivity contribution < 1.29 is 9.53 Å². The molecule has 2 rings (SSSR count). The van der Waals surface area contributed by atoms with E-state index in [1.807, 2.05) is 19.1 Å². The Morgan fingerprint density at radius 2 is 2.05 bits per heavy atom. The summed E-state index contributed by atoms with van der Waals surface area (Å²) in [5.74, 6) is 0.119. The van der Waals surface area contributed by atoms with Crippen molar-refractivity contribution in [3.8, 4) is 0 Å². The first-order chi connectivity index (χ1) is 10.2. The number of amides is 1. The Balaban J connectivity index is 0.00000242. The van der Waals surface area contributed by atoms with E-state index in [9.17, 15) is 4.79 Å². The lowest BCUT2D eigenvalue weighted by molar-refractivity contribution is -0.127. The molecular weight excluding hydrogens is 300 g/mol. The topological polar surface area (TPSA) is 50.4 Å². The Kier molecular flexibility index (Phi) is 7.87. The van der Waals surface area contributed by atoms with Gasteiger partial charge in [-0.05, 0) is 43.9 Å². The molecule has 1 aliphatic heterocycles. The summed E-state index contributed by atoms with van der Waals surface area (Å²) in [7, 11) is 0. The highest BCUT2D eigenvalue weighted by Crippen LogP contribution is 2.23. The normalized spacial score (nSPS) is 20.5. The molecule has 5 heteroatoms. The molecule has 0 bridgehead atoms. The summed E-state index contributed by atoms with van der Waals surface area (Å²) in [4.78, 5) is 12.5. The third-order valence-corrected chi connectivity index (χ3v) is 4.30. The summed E-state index contributed by atoms with van der Waals surface area (Å²) >= 11 is 0. The maximum Gasteiger partial charge on any atom is 0.240 e. The van der Waals surface area contributed by atoms with Crippen molar-refractivity contribution in [2.24, 2.45) is 0 Å². The fraction of sp³-hybridized carbons (Fsp3) is 0.588. The van der Waals surface area contributed by atoms with E-state index in [1.165, 1.54) is 0 Å². The third-order valence-electron chi connectivity index (χ3n) is 4.30. The van der Waals surface area contributed by atoms with Gasteiger partial charge in [0, 0.05) is 13.2 Å². The number of hydrogen-bond acceptors (Lipinski definition) is 3. The second kappa shape index (κ2) is 9.13. The monoisotopic (exact) mass is 326 g/mol. The number of hydrogen-bond donors (Lipinski definition) is 2. The molecule has 1 aromatic carbocycles. The van der Waals surface area contributed by atoms with Crippen molar-refractivity contribution in [3.05, 3.63) is 35.4 Å². The van der Waals surface area contributed by atoms with Gasteiger partial charge in [0.05, 0.1) is 12.1 Å². The van der Waals surface area contributed by atoms with E-state index < -0.39 is 0 Å². The van der Waals surface area contributed by atoms with Crippen LogP contribution >= 0.6 is 12.4 Å². The molecule has 0 spiro atoms. The molecule has 1 aromatic rings. The van der Waals surface area contributed by atoms with Crippen LogP contribution in [0.1, 0.15) is 44.2 Å². The Morgan fingerprint density at radius 3 is 2.64 bits per heavy atom. The number of rotatable bonds is 7.